The Bertz CT molecular complexity index is 777. The Hall–Kier alpha value is -1.81. The number of nitrogens with one attached hydrogen (secondary N) is 1. The van der Waals surface area contributed by atoms with Crippen molar-refractivity contribution in [2.24, 2.45) is 0 Å². The van der Waals surface area contributed by atoms with Crippen molar-refractivity contribution in [3.05, 3.63) is 45.4 Å². The van der Waals surface area contributed by atoms with Gasteiger partial charge >= 0.3 is 5.69 Å². The van der Waals surface area contributed by atoms with E-state index < -0.39 is 0 Å². The Kier molecular flexibility index (Phi) is 3.96. The Morgan fingerprint density at radius 3 is 2.86 bits per heavy atom. The smallest absolute Gasteiger partial charge is 0.306 e. The molecule has 118 valence electrons. The van der Waals surface area contributed by atoms with Gasteiger partial charge in [-0.1, -0.05) is 24.6 Å². The standard InChI is InChI=1S/C18H25N3O/c1-5-14-6-7-16-17-15(14)11-20(9-8-12(2)3)13(4)10-21(17)18(22)19-16/h6-8,13H,5,9-11H2,1-4H3,(H,19,22)/t13-/m0/s1. The maximum atomic E-state index is 12.3. The van der Waals surface area contributed by atoms with Crippen molar-refractivity contribution < 1.29 is 0 Å². The fourth-order valence-electron chi connectivity index (χ4n) is 3.34. The molecule has 0 fully saturated rings. The van der Waals surface area contributed by atoms with E-state index >= 15 is 0 Å². The normalized spacial score (nSPS) is 18.5. The third-order valence-corrected chi connectivity index (χ3v) is 4.68. The number of H-pyrrole nitrogens is 1. The molecule has 0 spiro atoms. The summed E-state index contributed by atoms with van der Waals surface area (Å²) in [5, 5.41) is 0. The monoisotopic (exact) mass is 299 g/mol. The summed E-state index contributed by atoms with van der Waals surface area (Å²) in [5.41, 5.74) is 6.08. The van der Waals surface area contributed by atoms with Crippen molar-refractivity contribution in [3.63, 3.8) is 0 Å². The van der Waals surface area contributed by atoms with E-state index in [4.69, 9.17) is 0 Å². The number of benzene rings is 1. The molecule has 0 aliphatic carbocycles. The molecular weight excluding hydrogens is 274 g/mol. The van der Waals surface area contributed by atoms with Gasteiger partial charge in [-0.2, -0.15) is 0 Å². The predicted octanol–water partition coefficient (Wildman–Crippen LogP) is 3.06. The largest absolute Gasteiger partial charge is 0.326 e. The summed E-state index contributed by atoms with van der Waals surface area (Å²) in [5.74, 6) is 0. The first-order valence-corrected chi connectivity index (χ1v) is 8.12. The van der Waals surface area contributed by atoms with Gasteiger partial charge in [-0.15, -0.1) is 0 Å². The van der Waals surface area contributed by atoms with Gasteiger partial charge in [0.1, 0.15) is 0 Å². The summed E-state index contributed by atoms with van der Waals surface area (Å²) in [6.45, 7) is 11.2. The minimum atomic E-state index is 0.0143. The van der Waals surface area contributed by atoms with Crippen molar-refractivity contribution >= 4 is 11.0 Å². The van der Waals surface area contributed by atoms with E-state index in [1.165, 1.54) is 16.7 Å². The summed E-state index contributed by atoms with van der Waals surface area (Å²) < 4.78 is 1.93. The molecule has 0 saturated heterocycles. The molecule has 0 saturated carbocycles. The van der Waals surface area contributed by atoms with Crippen LogP contribution < -0.4 is 5.69 Å². The van der Waals surface area contributed by atoms with E-state index in [2.05, 4.69) is 49.7 Å². The van der Waals surface area contributed by atoms with Crippen LogP contribution in [0.15, 0.2) is 28.6 Å². The Morgan fingerprint density at radius 2 is 2.18 bits per heavy atom. The van der Waals surface area contributed by atoms with Gasteiger partial charge in [0.05, 0.1) is 11.0 Å². The van der Waals surface area contributed by atoms with Crippen LogP contribution in [0.5, 0.6) is 0 Å². The zero-order valence-electron chi connectivity index (χ0n) is 13.9. The van der Waals surface area contributed by atoms with Crippen molar-refractivity contribution in [3.8, 4) is 0 Å². The third kappa shape index (κ3) is 2.52. The van der Waals surface area contributed by atoms with Crippen molar-refractivity contribution in [1.82, 2.24) is 14.5 Å². The molecule has 1 N–H and O–H groups in total. The lowest BCUT2D eigenvalue weighted by Crippen LogP contribution is -2.36. The van der Waals surface area contributed by atoms with E-state index in [9.17, 15) is 4.79 Å². The maximum Gasteiger partial charge on any atom is 0.326 e. The number of nitrogens with zero attached hydrogens (tertiary/aromatic N) is 2. The molecule has 0 amide bonds. The minimum absolute atomic E-state index is 0.0143. The molecular formula is C18H25N3O. The zero-order chi connectivity index (χ0) is 15.9. The number of aromatic amines is 1. The van der Waals surface area contributed by atoms with Gasteiger partial charge in [-0.05, 0) is 44.4 Å². The second-order valence-electron chi connectivity index (χ2n) is 6.55. The molecule has 4 nitrogen and oxygen atoms in total. The summed E-state index contributed by atoms with van der Waals surface area (Å²) in [7, 11) is 0. The van der Waals surface area contributed by atoms with Gasteiger partial charge in [0.2, 0.25) is 0 Å². The van der Waals surface area contributed by atoms with Crippen molar-refractivity contribution in [2.75, 3.05) is 6.54 Å². The summed E-state index contributed by atoms with van der Waals surface area (Å²) in [6.07, 6.45) is 3.27. The molecule has 0 bridgehead atoms. The van der Waals surface area contributed by atoms with Crippen LogP contribution in [0.2, 0.25) is 0 Å². The third-order valence-electron chi connectivity index (χ3n) is 4.68. The first-order valence-electron chi connectivity index (χ1n) is 8.12. The first-order chi connectivity index (χ1) is 10.5. The van der Waals surface area contributed by atoms with Crippen LogP contribution >= 0.6 is 0 Å². The van der Waals surface area contributed by atoms with Crippen molar-refractivity contribution in [1.29, 1.82) is 0 Å². The average Bonchev–Trinajstić information content (AvgIpc) is 2.70. The van der Waals surface area contributed by atoms with Crippen molar-refractivity contribution in [2.45, 2.75) is 53.2 Å². The lowest BCUT2D eigenvalue weighted by Gasteiger charge is -2.26. The molecule has 3 rings (SSSR count). The molecule has 2 heterocycles. The van der Waals surface area contributed by atoms with Crippen LogP contribution in [0, 0.1) is 0 Å². The Balaban J connectivity index is 2.13. The highest BCUT2D eigenvalue weighted by Gasteiger charge is 2.24. The van der Waals surface area contributed by atoms with Crippen LogP contribution in [0.4, 0.5) is 0 Å². The number of aryl methyl sites for hydroxylation is 1. The lowest BCUT2D eigenvalue weighted by atomic mass is 10.0. The van der Waals surface area contributed by atoms with Gasteiger partial charge in [0.25, 0.3) is 0 Å². The number of rotatable bonds is 3. The molecule has 0 unspecified atom stereocenters. The quantitative estimate of drug-likeness (QED) is 0.885. The van der Waals surface area contributed by atoms with Gasteiger partial charge < -0.3 is 4.98 Å². The topological polar surface area (TPSA) is 41.0 Å². The molecule has 1 aromatic heterocycles. The molecule has 1 aromatic carbocycles. The summed E-state index contributed by atoms with van der Waals surface area (Å²) in [6, 6.07) is 4.54. The maximum absolute atomic E-state index is 12.3. The van der Waals surface area contributed by atoms with E-state index in [1.54, 1.807) is 0 Å². The summed E-state index contributed by atoms with van der Waals surface area (Å²) >= 11 is 0. The number of hydrogen-bond acceptors (Lipinski definition) is 2. The van der Waals surface area contributed by atoms with Crippen LogP contribution in [-0.4, -0.2) is 27.0 Å². The number of hydrogen-bond donors (Lipinski definition) is 1. The van der Waals surface area contributed by atoms with Gasteiger partial charge in [-0.3, -0.25) is 9.47 Å². The van der Waals surface area contributed by atoms with E-state index in [1.807, 2.05) is 10.6 Å². The number of allylic oxidation sites excluding steroid dienone is 1. The Labute approximate surface area is 131 Å². The first kappa shape index (κ1) is 15.1. The molecule has 0 radical (unpaired) electrons. The van der Waals surface area contributed by atoms with E-state index in [-0.39, 0.29) is 5.69 Å². The molecule has 1 aliphatic rings. The van der Waals surface area contributed by atoms with Crippen LogP contribution in [-0.2, 0) is 19.5 Å². The minimum Gasteiger partial charge on any atom is -0.306 e. The molecule has 1 aliphatic heterocycles. The fraction of sp³-hybridized carbons (Fsp3) is 0.500. The second-order valence-corrected chi connectivity index (χ2v) is 6.55. The SMILES string of the molecule is CCc1ccc2[nH]c(=O)n3c2c1CN(CC=C(C)C)[C@@H](C)C3. The Morgan fingerprint density at radius 1 is 1.41 bits per heavy atom. The van der Waals surface area contributed by atoms with E-state index in [0.717, 1.165) is 37.1 Å². The highest BCUT2D eigenvalue weighted by molar-refractivity contribution is 5.80. The van der Waals surface area contributed by atoms with Crippen LogP contribution in [0.1, 0.15) is 38.8 Å². The predicted molar refractivity (Wildman–Crippen MR) is 91.2 cm³/mol. The van der Waals surface area contributed by atoms with Crippen LogP contribution in [0.3, 0.4) is 0 Å². The fourth-order valence-corrected chi connectivity index (χ4v) is 3.34. The average molecular weight is 299 g/mol. The lowest BCUT2D eigenvalue weighted by molar-refractivity contribution is 0.209. The molecule has 2 aromatic rings. The number of aromatic nitrogens is 2. The molecule has 1 atom stereocenters. The molecule has 4 heteroatoms. The van der Waals surface area contributed by atoms with Gasteiger partial charge in [0, 0.05) is 25.7 Å². The highest BCUT2D eigenvalue weighted by atomic mass is 16.1. The van der Waals surface area contributed by atoms with E-state index in [0.29, 0.717) is 6.04 Å². The van der Waals surface area contributed by atoms with Crippen LogP contribution in [0.25, 0.3) is 11.0 Å². The second kappa shape index (κ2) is 5.76. The van der Waals surface area contributed by atoms with Gasteiger partial charge in [-0.25, -0.2) is 4.79 Å². The highest BCUT2D eigenvalue weighted by Crippen LogP contribution is 2.27. The van der Waals surface area contributed by atoms with Gasteiger partial charge in [0.15, 0.2) is 0 Å². The summed E-state index contributed by atoms with van der Waals surface area (Å²) in [4.78, 5) is 17.8. The molecule has 22 heavy (non-hydrogen) atoms. The zero-order valence-corrected chi connectivity index (χ0v) is 13.9. The number of imidazole rings is 1.